The van der Waals surface area contributed by atoms with Crippen LogP contribution in [0.2, 0.25) is 0 Å². The van der Waals surface area contributed by atoms with Crippen LogP contribution in [0.4, 0.5) is 0 Å². The Hall–Kier alpha value is -0.0800. The Balaban J connectivity index is 1.69. The number of rotatable bonds is 5. The van der Waals surface area contributed by atoms with E-state index in [-0.39, 0.29) is 0 Å². The first-order chi connectivity index (χ1) is 9.25. The minimum absolute atomic E-state index is 0.661. The van der Waals surface area contributed by atoms with Crippen molar-refractivity contribution in [2.24, 2.45) is 5.92 Å². The molecule has 0 aromatic heterocycles. The number of piperidine rings is 1. The van der Waals surface area contributed by atoms with E-state index < -0.39 is 0 Å². The summed E-state index contributed by atoms with van der Waals surface area (Å²) in [4.78, 5) is 0. The van der Waals surface area contributed by atoms with Gasteiger partial charge in [-0.25, -0.2) is 0 Å². The highest BCUT2D eigenvalue weighted by Gasteiger charge is 2.22. The van der Waals surface area contributed by atoms with Crippen molar-refractivity contribution in [1.29, 1.82) is 0 Å². The first-order valence-electron chi connectivity index (χ1n) is 8.75. The van der Waals surface area contributed by atoms with Gasteiger partial charge < -0.3 is 10.6 Å². The highest BCUT2D eigenvalue weighted by Crippen LogP contribution is 2.26. The molecule has 2 fully saturated rings. The topological polar surface area (TPSA) is 24.1 Å². The Kier molecular flexibility index (Phi) is 6.66. The van der Waals surface area contributed by atoms with E-state index in [1.807, 2.05) is 0 Å². The third-order valence-corrected chi connectivity index (χ3v) is 5.20. The van der Waals surface area contributed by atoms with Crippen LogP contribution in [0, 0.1) is 5.92 Å². The molecule has 2 rings (SSSR count). The van der Waals surface area contributed by atoms with Crippen molar-refractivity contribution < 1.29 is 0 Å². The summed E-state index contributed by atoms with van der Waals surface area (Å²) in [7, 11) is 0. The summed E-state index contributed by atoms with van der Waals surface area (Å²) in [5, 5.41) is 7.56. The average Bonchev–Trinajstić information content (AvgIpc) is 2.68. The summed E-state index contributed by atoms with van der Waals surface area (Å²) in [5.41, 5.74) is 0. The molecule has 19 heavy (non-hydrogen) atoms. The molecule has 1 heterocycles. The SMILES string of the molecule is CC(CC1CCCCN1)N[C@@H](C)C1CCCCCC1. The molecule has 2 nitrogen and oxygen atoms in total. The second kappa shape index (κ2) is 8.26. The fraction of sp³-hybridized carbons (Fsp3) is 1.00. The number of hydrogen-bond acceptors (Lipinski definition) is 2. The zero-order valence-electron chi connectivity index (χ0n) is 13.1. The maximum absolute atomic E-state index is 3.88. The van der Waals surface area contributed by atoms with Gasteiger partial charge in [-0.05, 0) is 58.4 Å². The predicted octanol–water partition coefficient (Wildman–Crippen LogP) is 3.86. The van der Waals surface area contributed by atoms with Crippen LogP contribution < -0.4 is 10.6 Å². The van der Waals surface area contributed by atoms with E-state index in [4.69, 9.17) is 0 Å². The van der Waals surface area contributed by atoms with E-state index in [2.05, 4.69) is 24.5 Å². The summed E-state index contributed by atoms with van der Waals surface area (Å²) in [6.07, 6.45) is 14.2. The van der Waals surface area contributed by atoms with Crippen LogP contribution in [0.3, 0.4) is 0 Å². The van der Waals surface area contributed by atoms with Gasteiger partial charge in [-0.2, -0.15) is 0 Å². The van der Waals surface area contributed by atoms with Gasteiger partial charge in [0.15, 0.2) is 0 Å². The number of nitrogens with one attached hydrogen (secondary N) is 2. The molecular formula is C17H34N2. The van der Waals surface area contributed by atoms with Gasteiger partial charge in [0.2, 0.25) is 0 Å². The summed E-state index contributed by atoms with van der Waals surface area (Å²) in [5.74, 6) is 0.921. The lowest BCUT2D eigenvalue weighted by Crippen LogP contribution is -2.44. The Morgan fingerprint density at radius 3 is 2.26 bits per heavy atom. The molecule has 1 aliphatic carbocycles. The molecule has 0 bridgehead atoms. The smallest absolute Gasteiger partial charge is 0.00817 e. The Labute approximate surface area is 120 Å². The summed E-state index contributed by atoms with van der Waals surface area (Å²) in [6, 6.07) is 2.13. The second-order valence-corrected chi connectivity index (χ2v) is 6.99. The molecule has 2 unspecified atom stereocenters. The summed E-state index contributed by atoms with van der Waals surface area (Å²) >= 11 is 0. The number of hydrogen-bond donors (Lipinski definition) is 2. The van der Waals surface area contributed by atoms with E-state index in [1.165, 1.54) is 70.8 Å². The molecule has 3 atom stereocenters. The van der Waals surface area contributed by atoms with Gasteiger partial charge in [0.05, 0.1) is 0 Å². The van der Waals surface area contributed by atoms with Crippen LogP contribution in [-0.4, -0.2) is 24.7 Å². The van der Waals surface area contributed by atoms with Crippen molar-refractivity contribution in [3.8, 4) is 0 Å². The molecule has 1 aliphatic heterocycles. The second-order valence-electron chi connectivity index (χ2n) is 6.99. The van der Waals surface area contributed by atoms with Gasteiger partial charge in [-0.15, -0.1) is 0 Å². The molecular weight excluding hydrogens is 232 g/mol. The molecule has 0 amide bonds. The lowest BCUT2D eigenvalue weighted by atomic mass is 9.91. The van der Waals surface area contributed by atoms with Crippen LogP contribution in [0.5, 0.6) is 0 Å². The van der Waals surface area contributed by atoms with Crippen LogP contribution in [-0.2, 0) is 0 Å². The molecule has 0 radical (unpaired) electrons. The van der Waals surface area contributed by atoms with Crippen molar-refractivity contribution in [2.45, 2.75) is 96.2 Å². The molecule has 2 aliphatic rings. The fourth-order valence-corrected chi connectivity index (χ4v) is 4.02. The molecule has 1 saturated carbocycles. The van der Waals surface area contributed by atoms with E-state index in [9.17, 15) is 0 Å². The highest BCUT2D eigenvalue weighted by atomic mass is 15.0. The minimum atomic E-state index is 0.661. The van der Waals surface area contributed by atoms with Gasteiger partial charge in [0.1, 0.15) is 0 Å². The lowest BCUT2D eigenvalue weighted by Gasteiger charge is -2.31. The van der Waals surface area contributed by atoms with Crippen molar-refractivity contribution in [3.63, 3.8) is 0 Å². The maximum atomic E-state index is 3.88. The fourth-order valence-electron chi connectivity index (χ4n) is 4.02. The molecule has 0 spiro atoms. The normalized spacial score (nSPS) is 29.7. The van der Waals surface area contributed by atoms with Gasteiger partial charge in [-0.1, -0.05) is 32.1 Å². The summed E-state index contributed by atoms with van der Waals surface area (Å²) in [6.45, 7) is 6.03. The molecule has 112 valence electrons. The third-order valence-electron chi connectivity index (χ3n) is 5.20. The maximum Gasteiger partial charge on any atom is 0.00817 e. The molecule has 2 N–H and O–H groups in total. The lowest BCUT2D eigenvalue weighted by molar-refractivity contribution is 0.283. The van der Waals surface area contributed by atoms with Gasteiger partial charge >= 0.3 is 0 Å². The van der Waals surface area contributed by atoms with E-state index in [1.54, 1.807) is 0 Å². The monoisotopic (exact) mass is 266 g/mol. The van der Waals surface area contributed by atoms with Crippen molar-refractivity contribution in [1.82, 2.24) is 10.6 Å². The van der Waals surface area contributed by atoms with E-state index in [0.29, 0.717) is 12.1 Å². The Bertz CT molecular complexity index is 227. The van der Waals surface area contributed by atoms with Crippen molar-refractivity contribution in [3.05, 3.63) is 0 Å². The zero-order chi connectivity index (χ0) is 13.5. The minimum Gasteiger partial charge on any atom is -0.314 e. The Morgan fingerprint density at radius 2 is 1.63 bits per heavy atom. The Morgan fingerprint density at radius 1 is 0.947 bits per heavy atom. The molecule has 2 heteroatoms. The van der Waals surface area contributed by atoms with E-state index in [0.717, 1.165) is 12.0 Å². The van der Waals surface area contributed by atoms with Crippen LogP contribution in [0.1, 0.15) is 78.1 Å². The molecule has 0 aromatic carbocycles. The van der Waals surface area contributed by atoms with Crippen LogP contribution in [0.15, 0.2) is 0 Å². The first-order valence-corrected chi connectivity index (χ1v) is 8.75. The van der Waals surface area contributed by atoms with Crippen molar-refractivity contribution >= 4 is 0 Å². The van der Waals surface area contributed by atoms with Gasteiger partial charge in [-0.3, -0.25) is 0 Å². The van der Waals surface area contributed by atoms with E-state index >= 15 is 0 Å². The van der Waals surface area contributed by atoms with Gasteiger partial charge in [0.25, 0.3) is 0 Å². The quantitative estimate of drug-likeness (QED) is 0.739. The predicted molar refractivity (Wildman–Crippen MR) is 83.5 cm³/mol. The zero-order valence-corrected chi connectivity index (χ0v) is 13.1. The largest absolute Gasteiger partial charge is 0.314 e. The first kappa shape index (κ1) is 15.3. The van der Waals surface area contributed by atoms with Crippen LogP contribution in [0.25, 0.3) is 0 Å². The van der Waals surface area contributed by atoms with Gasteiger partial charge in [0, 0.05) is 18.1 Å². The third kappa shape index (κ3) is 5.43. The molecule has 1 saturated heterocycles. The summed E-state index contributed by atoms with van der Waals surface area (Å²) < 4.78 is 0. The average molecular weight is 266 g/mol. The van der Waals surface area contributed by atoms with Crippen molar-refractivity contribution in [2.75, 3.05) is 6.54 Å². The van der Waals surface area contributed by atoms with Crippen LogP contribution >= 0.6 is 0 Å². The standard InChI is InChI=1S/C17H34N2/c1-14(13-17-11-7-8-12-18-17)19-15(2)16-9-5-3-4-6-10-16/h14-19H,3-13H2,1-2H3/t14?,15-,17?/m0/s1. The highest BCUT2D eigenvalue weighted by molar-refractivity contribution is 4.81. The molecule has 0 aromatic rings.